The Bertz CT molecular complexity index is 677. The molecule has 3 nitrogen and oxygen atoms in total. The van der Waals surface area contributed by atoms with Gasteiger partial charge < -0.3 is 10.4 Å². The number of amides is 1. The number of hydrogen-bond acceptors (Lipinski definition) is 2. The van der Waals surface area contributed by atoms with E-state index in [2.05, 4.69) is 25.2 Å². The van der Waals surface area contributed by atoms with Gasteiger partial charge in [0.05, 0.1) is 0 Å². The maximum absolute atomic E-state index is 12.2. The molecule has 0 atom stereocenters. The number of rotatable bonds is 9. The molecule has 0 bridgehead atoms. The van der Waals surface area contributed by atoms with Gasteiger partial charge in [0.25, 0.3) is 5.91 Å². The molecular formula is C22H29NO2. The summed E-state index contributed by atoms with van der Waals surface area (Å²) in [5.41, 5.74) is 3.92. The number of carbonyl (C=O) groups excluding carboxylic acids is 1. The van der Waals surface area contributed by atoms with Gasteiger partial charge in [-0.15, -0.1) is 0 Å². The van der Waals surface area contributed by atoms with Crippen molar-refractivity contribution >= 4 is 11.6 Å². The molecule has 25 heavy (non-hydrogen) atoms. The molecule has 0 heterocycles. The minimum atomic E-state index is -0.164. The lowest BCUT2D eigenvalue weighted by Gasteiger charge is -2.10. The molecule has 0 saturated heterocycles. The molecule has 0 unspecified atom stereocenters. The zero-order valence-electron chi connectivity index (χ0n) is 15.3. The summed E-state index contributed by atoms with van der Waals surface area (Å²) < 4.78 is 0. The van der Waals surface area contributed by atoms with Crippen LogP contribution in [0.3, 0.4) is 0 Å². The van der Waals surface area contributed by atoms with Gasteiger partial charge in [0.15, 0.2) is 0 Å². The largest absolute Gasteiger partial charge is 0.508 e. The van der Waals surface area contributed by atoms with Gasteiger partial charge in [0.1, 0.15) is 5.75 Å². The predicted molar refractivity (Wildman–Crippen MR) is 104 cm³/mol. The van der Waals surface area contributed by atoms with E-state index < -0.39 is 0 Å². The van der Waals surface area contributed by atoms with Crippen molar-refractivity contribution in [1.29, 1.82) is 0 Å². The number of carbonyl (C=O) groups is 1. The highest BCUT2D eigenvalue weighted by molar-refractivity contribution is 6.04. The van der Waals surface area contributed by atoms with Crippen LogP contribution in [0.15, 0.2) is 42.5 Å². The molecule has 0 fully saturated rings. The molecule has 0 spiro atoms. The fourth-order valence-corrected chi connectivity index (χ4v) is 2.97. The summed E-state index contributed by atoms with van der Waals surface area (Å²) >= 11 is 0. The molecule has 2 N–H and O–H groups in total. The lowest BCUT2D eigenvalue weighted by atomic mass is 10.0. The van der Waals surface area contributed by atoms with Crippen LogP contribution in [0.5, 0.6) is 5.75 Å². The molecule has 1 amide bonds. The molecular weight excluding hydrogens is 310 g/mol. The Labute approximate surface area is 151 Å². The molecule has 0 radical (unpaired) electrons. The summed E-state index contributed by atoms with van der Waals surface area (Å²) in [5, 5.41) is 12.2. The van der Waals surface area contributed by atoms with Crippen LogP contribution in [0, 0.1) is 6.92 Å². The van der Waals surface area contributed by atoms with Crippen molar-refractivity contribution in [1.82, 2.24) is 0 Å². The van der Waals surface area contributed by atoms with E-state index in [9.17, 15) is 9.90 Å². The van der Waals surface area contributed by atoms with Gasteiger partial charge in [-0.25, -0.2) is 0 Å². The van der Waals surface area contributed by atoms with E-state index in [1.807, 2.05) is 12.1 Å². The van der Waals surface area contributed by atoms with Crippen molar-refractivity contribution in [3.63, 3.8) is 0 Å². The number of hydrogen-bond donors (Lipinski definition) is 2. The summed E-state index contributed by atoms with van der Waals surface area (Å²) in [6.07, 6.45) is 8.92. The minimum Gasteiger partial charge on any atom is -0.508 e. The van der Waals surface area contributed by atoms with Crippen molar-refractivity contribution < 1.29 is 9.90 Å². The third-order valence-corrected chi connectivity index (χ3v) is 4.53. The van der Waals surface area contributed by atoms with Gasteiger partial charge in [0, 0.05) is 11.3 Å². The summed E-state index contributed by atoms with van der Waals surface area (Å²) in [6.45, 7) is 4.34. The number of phenolic OH excluding ortho intramolecular Hbond substituents is 1. The Balaban J connectivity index is 1.86. The van der Waals surface area contributed by atoms with Crippen molar-refractivity contribution in [2.24, 2.45) is 0 Å². The smallest absolute Gasteiger partial charge is 0.255 e. The van der Waals surface area contributed by atoms with E-state index in [1.54, 1.807) is 12.1 Å². The Morgan fingerprint density at radius 2 is 1.64 bits per heavy atom. The Morgan fingerprint density at radius 1 is 0.960 bits per heavy atom. The second kappa shape index (κ2) is 9.87. The molecule has 0 saturated carbocycles. The molecule has 0 aromatic heterocycles. The Hall–Kier alpha value is -2.29. The average Bonchev–Trinajstić information content (AvgIpc) is 2.60. The number of unbranched alkanes of at least 4 members (excludes halogenated alkanes) is 5. The van der Waals surface area contributed by atoms with E-state index in [1.165, 1.54) is 61.8 Å². The average molecular weight is 339 g/mol. The number of aryl methyl sites for hydroxylation is 2. The van der Waals surface area contributed by atoms with Gasteiger partial charge in [-0.1, -0.05) is 45.1 Å². The molecule has 2 aromatic carbocycles. The maximum Gasteiger partial charge on any atom is 0.255 e. The Kier molecular flexibility index (Phi) is 7.52. The van der Waals surface area contributed by atoms with Crippen LogP contribution in [0.1, 0.15) is 66.9 Å². The summed E-state index contributed by atoms with van der Waals surface area (Å²) in [6, 6.07) is 12.4. The number of aromatic hydroxyl groups is 1. The normalized spacial score (nSPS) is 10.6. The fourth-order valence-electron chi connectivity index (χ4n) is 2.97. The topological polar surface area (TPSA) is 49.3 Å². The van der Waals surface area contributed by atoms with Crippen molar-refractivity contribution in [2.75, 3.05) is 5.32 Å². The molecule has 0 aliphatic rings. The SMILES string of the molecule is CCCCCCCCc1ccc(NC(=O)c2ccc(O)cc2)cc1C. The second-order valence-electron chi connectivity index (χ2n) is 6.66. The number of nitrogens with one attached hydrogen (secondary N) is 1. The van der Waals surface area contributed by atoms with Crippen LogP contribution in [-0.4, -0.2) is 11.0 Å². The minimum absolute atomic E-state index is 0.159. The first kappa shape index (κ1) is 19.0. The van der Waals surface area contributed by atoms with E-state index in [-0.39, 0.29) is 11.7 Å². The van der Waals surface area contributed by atoms with Crippen LogP contribution in [0.4, 0.5) is 5.69 Å². The van der Waals surface area contributed by atoms with Crippen molar-refractivity contribution in [2.45, 2.75) is 58.8 Å². The number of anilines is 1. The molecule has 134 valence electrons. The third kappa shape index (κ3) is 6.26. The summed E-state index contributed by atoms with van der Waals surface area (Å²) in [4.78, 5) is 12.2. The highest BCUT2D eigenvalue weighted by atomic mass is 16.3. The predicted octanol–water partition coefficient (Wildman–Crippen LogP) is 5.86. The van der Waals surface area contributed by atoms with Crippen LogP contribution in [0.2, 0.25) is 0 Å². The van der Waals surface area contributed by atoms with E-state index in [0.717, 1.165) is 12.1 Å². The Morgan fingerprint density at radius 3 is 2.32 bits per heavy atom. The lowest BCUT2D eigenvalue weighted by Crippen LogP contribution is -2.11. The van der Waals surface area contributed by atoms with E-state index in [4.69, 9.17) is 0 Å². The standard InChI is InChI=1S/C22H29NO2/c1-3-4-5-6-7-8-9-18-10-13-20(16-17(18)2)23-22(25)19-11-14-21(24)15-12-19/h10-16,24H,3-9H2,1-2H3,(H,23,25). The van der Waals surface area contributed by atoms with E-state index >= 15 is 0 Å². The fraction of sp³-hybridized carbons (Fsp3) is 0.409. The lowest BCUT2D eigenvalue weighted by molar-refractivity contribution is 0.102. The van der Waals surface area contributed by atoms with Gasteiger partial charge >= 0.3 is 0 Å². The van der Waals surface area contributed by atoms with Gasteiger partial charge in [-0.05, 0) is 67.3 Å². The monoisotopic (exact) mass is 339 g/mol. The summed E-state index contributed by atoms with van der Waals surface area (Å²) in [7, 11) is 0. The van der Waals surface area contributed by atoms with Crippen LogP contribution < -0.4 is 5.32 Å². The quantitative estimate of drug-likeness (QED) is 0.562. The molecule has 2 rings (SSSR count). The van der Waals surface area contributed by atoms with Crippen molar-refractivity contribution in [3.8, 4) is 5.75 Å². The number of benzene rings is 2. The molecule has 3 heteroatoms. The zero-order valence-corrected chi connectivity index (χ0v) is 15.3. The van der Waals surface area contributed by atoms with Crippen LogP contribution in [-0.2, 0) is 6.42 Å². The molecule has 0 aliphatic carbocycles. The first-order valence-electron chi connectivity index (χ1n) is 9.30. The highest BCUT2D eigenvalue weighted by Crippen LogP contribution is 2.19. The molecule has 0 aliphatic heterocycles. The second-order valence-corrected chi connectivity index (χ2v) is 6.66. The number of phenols is 1. The third-order valence-electron chi connectivity index (χ3n) is 4.53. The first-order chi connectivity index (χ1) is 12.1. The van der Waals surface area contributed by atoms with Gasteiger partial charge in [0.2, 0.25) is 0 Å². The first-order valence-corrected chi connectivity index (χ1v) is 9.30. The zero-order chi connectivity index (χ0) is 18.1. The highest BCUT2D eigenvalue weighted by Gasteiger charge is 2.07. The summed E-state index contributed by atoms with van der Waals surface area (Å²) in [5.74, 6) is -0.00508. The van der Waals surface area contributed by atoms with Gasteiger partial charge in [-0.3, -0.25) is 4.79 Å². The maximum atomic E-state index is 12.2. The van der Waals surface area contributed by atoms with Crippen LogP contribution in [0.25, 0.3) is 0 Å². The van der Waals surface area contributed by atoms with Crippen LogP contribution >= 0.6 is 0 Å². The van der Waals surface area contributed by atoms with Gasteiger partial charge in [-0.2, -0.15) is 0 Å². The van der Waals surface area contributed by atoms with E-state index in [0.29, 0.717) is 5.56 Å². The van der Waals surface area contributed by atoms with Crippen molar-refractivity contribution in [3.05, 3.63) is 59.2 Å². The molecule has 2 aromatic rings.